The molecular formula is C22H21ClN4. The molecule has 0 amide bonds. The Morgan fingerprint density at radius 2 is 1.63 bits per heavy atom. The zero-order valence-electron chi connectivity index (χ0n) is 15.6. The van der Waals surface area contributed by atoms with Gasteiger partial charge in [0, 0.05) is 11.3 Å². The molecule has 0 saturated heterocycles. The van der Waals surface area contributed by atoms with Crippen LogP contribution in [0.25, 0.3) is 22.4 Å². The third-order valence-electron chi connectivity index (χ3n) is 5.21. The highest BCUT2D eigenvalue weighted by atomic mass is 35.5. The number of hydrogen-bond acceptors (Lipinski definition) is 3. The number of nitrogens with zero attached hydrogens (tertiary/aromatic N) is 3. The van der Waals surface area contributed by atoms with E-state index in [1.807, 2.05) is 30.3 Å². The number of nitrogen functional groups attached to an aromatic ring is 1. The summed E-state index contributed by atoms with van der Waals surface area (Å²) in [7, 11) is 0. The van der Waals surface area contributed by atoms with E-state index in [0.29, 0.717) is 16.7 Å². The molecule has 0 aliphatic carbocycles. The van der Waals surface area contributed by atoms with E-state index >= 15 is 0 Å². The summed E-state index contributed by atoms with van der Waals surface area (Å²) in [4.78, 5) is 9.43. The Morgan fingerprint density at radius 3 is 2.33 bits per heavy atom. The molecule has 4 rings (SSSR count). The van der Waals surface area contributed by atoms with E-state index in [0.717, 1.165) is 27.9 Å². The minimum atomic E-state index is 0.121. The number of aryl methyl sites for hydroxylation is 1. The van der Waals surface area contributed by atoms with Gasteiger partial charge in [0.25, 0.3) is 0 Å². The number of anilines is 1. The van der Waals surface area contributed by atoms with Crippen LogP contribution in [-0.4, -0.2) is 14.5 Å². The molecule has 2 heterocycles. The van der Waals surface area contributed by atoms with Crippen LogP contribution in [-0.2, 0) is 0 Å². The molecule has 1 atom stereocenters. The van der Waals surface area contributed by atoms with Gasteiger partial charge in [-0.3, -0.25) is 0 Å². The Bertz CT molecular complexity index is 1130. The van der Waals surface area contributed by atoms with E-state index in [2.05, 4.69) is 54.6 Å². The summed E-state index contributed by atoms with van der Waals surface area (Å²) in [5, 5.41) is 1.52. The van der Waals surface area contributed by atoms with Gasteiger partial charge < -0.3 is 10.3 Å². The smallest absolute Gasteiger partial charge is 0.165 e. The fraction of sp³-hybridized carbons (Fsp3) is 0.182. The van der Waals surface area contributed by atoms with Crippen LogP contribution < -0.4 is 5.73 Å². The lowest BCUT2D eigenvalue weighted by molar-refractivity contribution is 0.639. The third kappa shape index (κ3) is 2.86. The van der Waals surface area contributed by atoms with Gasteiger partial charge in [-0.15, -0.1) is 0 Å². The number of rotatable bonds is 3. The largest absolute Gasteiger partial charge is 0.383 e. The number of benzene rings is 2. The number of nitrogens with two attached hydrogens (primary N) is 1. The van der Waals surface area contributed by atoms with Crippen LogP contribution in [0.15, 0.2) is 54.6 Å². The number of aromatic nitrogens is 3. The molecule has 2 aromatic carbocycles. The van der Waals surface area contributed by atoms with Crippen molar-refractivity contribution in [3.8, 4) is 11.4 Å². The average Bonchev–Trinajstić information content (AvgIpc) is 2.93. The molecule has 0 spiro atoms. The standard InChI is InChI=1S/C22H21ClN4/c1-13-14(2)27(15(3)16-9-5-4-6-10-16)22-19(13)20(24)25-21(26-22)17-11-7-8-12-18(17)23/h4-12,15H,1-3H3,(H2,24,25,26). The van der Waals surface area contributed by atoms with E-state index in [1.54, 1.807) is 0 Å². The molecule has 4 nitrogen and oxygen atoms in total. The van der Waals surface area contributed by atoms with E-state index in [1.165, 1.54) is 5.56 Å². The summed E-state index contributed by atoms with van der Waals surface area (Å²) >= 11 is 6.37. The second-order valence-corrected chi connectivity index (χ2v) is 7.19. The van der Waals surface area contributed by atoms with Crippen LogP contribution in [0.4, 0.5) is 5.82 Å². The lowest BCUT2D eigenvalue weighted by atomic mass is 10.1. The molecule has 2 N–H and O–H groups in total. The van der Waals surface area contributed by atoms with Crippen molar-refractivity contribution in [3.05, 3.63) is 76.4 Å². The SMILES string of the molecule is Cc1c(C)n(C(C)c2ccccc2)c2nc(-c3ccccc3Cl)nc(N)c12. The van der Waals surface area contributed by atoms with Crippen molar-refractivity contribution in [3.63, 3.8) is 0 Å². The second kappa shape index (κ2) is 6.71. The Labute approximate surface area is 163 Å². The maximum Gasteiger partial charge on any atom is 0.165 e. The van der Waals surface area contributed by atoms with Crippen LogP contribution in [0, 0.1) is 13.8 Å². The fourth-order valence-electron chi connectivity index (χ4n) is 3.64. The van der Waals surface area contributed by atoms with E-state index in [4.69, 9.17) is 22.3 Å². The summed E-state index contributed by atoms with van der Waals surface area (Å²) in [6.45, 7) is 6.35. The van der Waals surface area contributed by atoms with Crippen LogP contribution in [0.1, 0.15) is 29.8 Å². The van der Waals surface area contributed by atoms with Crippen LogP contribution in [0.2, 0.25) is 5.02 Å². The van der Waals surface area contributed by atoms with Crippen molar-refractivity contribution < 1.29 is 0 Å². The normalized spacial score (nSPS) is 12.4. The highest BCUT2D eigenvalue weighted by Crippen LogP contribution is 2.35. The van der Waals surface area contributed by atoms with Gasteiger partial charge in [-0.05, 0) is 44.0 Å². The average molecular weight is 377 g/mol. The minimum Gasteiger partial charge on any atom is -0.383 e. The van der Waals surface area contributed by atoms with Crippen molar-refractivity contribution in [1.29, 1.82) is 0 Å². The summed E-state index contributed by atoms with van der Waals surface area (Å²) in [5.74, 6) is 1.03. The highest BCUT2D eigenvalue weighted by molar-refractivity contribution is 6.33. The first-order valence-corrected chi connectivity index (χ1v) is 9.31. The van der Waals surface area contributed by atoms with Gasteiger partial charge in [-0.1, -0.05) is 54.1 Å². The minimum absolute atomic E-state index is 0.121. The maximum atomic E-state index is 6.37. The molecule has 27 heavy (non-hydrogen) atoms. The molecule has 0 radical (unpaired) electrons. The molecule has 0 fully saturated rings. The molecule has 4 aromatic rings. The Balaban J connectivity index is 2.00. The summed E-state index contributed by atoms with van der Waals surface area (Å²) in [6, 6.07) is 18.1. The predicted molar refractivity (Wildman–Crippen MR) is 112 cm³/mol. The van der Waals surface area contributed by atoms with Crippen molar-refractivity contribution >= 4 is 28.5 Å². The van der Waals surface area contributed by atoms with Gasteiger partial charge in [0.05, 0.1) is 16.5 Å². The summed E-state index contributed by atoms with van der Waals surface area (Å²) in [6.07, 6.45) is 0. The van der Waals surface area contributed by atoms with E-state index < -0.39 is 0 Å². The summed E-state index contributed by atoms with van der Waals surface area (Å²) < 4.78 is 2.23. The lowest BCUT2D eigenvalue weighted by Crippen LogP contribution is -2.10. The third-order valence-corrected chi connectivity index (χ3v) is 5.54. The monoisotopic (exact) mass is 376 g/mol. The first-order valence-electron chi connectivity index (χ1n) is 8.93. The molecule has 0 aliphatic heterocycles. The lowest BCUT2D eigenvalue weighted by Gasteiger charge is -2.18. The van der Waals surface area contributed by atoms with Gasteiger partial charge in [-0.25, -0.2) is 9.97 Å². The van der Waals surface area contributed by atoms with Gasteiger partial charge in [0.1, 0.15) is 11.5 Å². The molecule has 1 unspecified atom stereocenters. The van der Waals surface area contributed by atoms with Gasteiger partial charge in [0.15, 0.2) is 5.82 Å². The number of fused-ring (bicyclic) bond motifs is 1. The second-order valence-electron chi connectivity index (χ2n) is 6.78. The first kappa shape index (κ1) is 17.6. The molecule has 0 bridgehead atoms. The van der Waals surface area contributed by atoms with Crippen molar-refractivity contribution in [1.82, 2.24) is 14.5 Å². The van der Waals surface area contributed by atoms with Gasteiger partial charge >= 0.3 is 0 Å². The Kier molecular flexibility index (Phi) is 4.36. The zero-order chi connectivity index (χ0) is 19.1. The maximum absolute atomic E-state index is 6.37. The Hall–Kier alpha value is -2.85. The van der Waals surface area contributed by atoms with Gasteiger partial charge in [-0.2, -0.15) is 0 Å². The molecule has 5 heteroatoms. The quantitative estimate of drug-likeness (QED) is 0.509. The van der Waals surface area contributed by atoms with Crippen LogP contribution >= 0.6 is 11.6 Å². The van der Waals surface area contributed by atoms with Crippen LogP contribution in [0.3, 0.4) is 0 Å². The first-order chi connectivity index (χ1) is 13.0. The van der Waals surface area contributed by atoms with Crippen molar-refractivity contribution in [2.75, 3.05) is 5.73 Å². The van der Waals surface area contributed by atoms with E-state index in [9.17, 15) is 0 Å². The van der Waals surface area contributed by atoms with Crippen molar-refractivity contribution in [2.24, 2.45) is 0 Å². The molecule has 2 aromatic heterocycles. The topological polar surface area (TPSA) is 56.7 Å². The zero-order valence-corrected chi connectivity index (χ0v) is 16.3. The molecule has 136 valence electrons. The Morgan fingerprint density at radius 1 is 0.963 bits per heavy atom. The highest BCUT2D eigenvalue weighted by Gasteiger charge is 2.22. The molecule has 0 saturated carbocycles. The number of hydrogen-bond donors (Lipinski definition) is 1. The predicted octanol–water partition coefficient (Wildman–Crippen LogP) is 5.56. The fourth-order valence-corrected chi connectivity index (χ4v) is 3.86. The van der Waals surface area contributed by atoms with Gasteiger partial charge in [0.2, 0.25) is 0 Å². The van der Waals surface area contributed by atoms with Crippen molar-refractivity contribution in [2.45, 2.75) is 26.8 Å². The van der Waals surface area contributed by atoms with Crippen LogP contribution in [0.5, 0.6) is 0 Å². The molecule has 0 aliphatic rings. The number of halogens is 1. The molecular weight excluding hydrogens is 356 g/mol. The summed E-state index contributed by atoms with van der Waals surface area (Å²) in [5.41, 5.74) is 11.4. The van der Waals surface area contributed by atoms with E-state index in [-0.39, 0.29) is 6.04 Å².